The number of benzene rings is 2. The van der Waals surface area contributed by atoms with E-state index in [0.717, 1.165) is 27.7 Å². The van der Waals surface area contributed by atoms with Crippen LogP contribution in [-0.4, -0.2) is 23.2 Å². The standard InChI is InChI=1S/C17H12N2O3S/c20-16(14-7-8-15(23-14)17(21)22)19-18-10-11-5-6-12-3-1-2-4-13(12)9-11/h1-10H,(H,19,20)(H,21,22). The van der Waals surface area contributed by atoms with Gasteiger partial charge < -0.3 is 5.11 Å². The molecule has 0 aliphatic heterocycles. The van der Waals surface area contributed by atoms with E-state index in [4.69, 9.17) is 5.11 Å². The highest BCUT2D eigenvalue weighted by Gasteiger charge is 2.11. The number of carbonyl (C=O) groups is 2. The van der Waals surface area contributed by atoms with E-state index in [1.807, 2.05) is 42.5 Å². The number of amides is 1. The van der Waals surface area contributed by atoms with Crippen molar-refractivity contribution < 1.29 is 14.7 Å². The molecule has 0 bridgehead atoms. The van der Waals surface area contributed by atoms with Crippen molar-refractivity contribution in [2.24, 2.45) is 5.10 Å². The van der Waals surface area contributed by atoms with Gasteiger partial charge in [-0.2, -0.15) is 5.10 Å². The molecule has 0 spiro atoms. The molecule has 3 rings (SSSR count). The molecule has 6 heteroatoms. The number of fused-ring (bicyclic) bond motifs is 1. The van der Waals surface area contributed by atoms with Crippen molar-refractivity contribution in [3.8, 4) is 0 Å². The van der Waals surface area contributed by atoms with Crippen LogP contribution in [0.15, 0.2) is 59.7 Å². The molecule has 1 aromatic heterocycles. The first-order valence-corrected chi connectivity index (χ1v) is 7.60. The fourth-order valence-electron chi connectivity index (χ4n) is 2.08. The summed E-state index contributed by atoms with van der Waals surface area (Å²) in [5.74, 6) is -1.48. The first-order valence-electron chi connectivity index (χ1n) is 6.79. The van der Waals surface area contributed by atoms with Crippen molar-refractivity contribution in [2.75, 3.05) is 0 Å². The predicted octanol–water partition coefficient (Wildman–Crippen LogP) is 3.36. The summed E-state index contributed by atoms with van der Waals surface area (Å²) < 4.78 is 0. The Bertz CT molecular complexity index is 915. The average molecular weight is 324 g/mol. The first kappa shape index (κ1) is 14.9. The van der Waals surface area contributed by atoms with Crippen LogP contribution >= 0.6 is 11.3 Å². The van der Waals surface area contributed by atoms with Gasteiger partial charge in [-0.05, 0) is 34.5 Å². The smallest absolute Gasteiger partial charge is 0.345 e. The van der Waals surface area contributed by atoms with Crippen molar-refractivity contribution in [3.63, 3.8) is 0 Å². The highest BCUT2D eigenvalue weighted by molar-refractivity contribution is 7.15. The van der Waals surface area contributed by atoms with Crippen LogP contribution in [0.5, 0.6) is 0 Å². The summed E-state index contributed by atoms with van der Waals surface area (Å²) in [6.07, 6.45) is 1.55. The molecule has 114 valence electrons. The molecule has 1 amide bonds. The molecule has 0 aliphatic carbocycles. The van der Waals surface area contributed by atoms with Gasteiger partial charge in [0.2, 0.25) is 0 Å². The van der Waals surface area contributed by atoms with Crippen LogP contribution < -0.4 is 5.43 Å². The SMILES string of the molecule is O=C(O)c1ccc(C(=O)NN=Cc2ccc3ccccc3c2)s1. The van der Waals surface area contributed by atoms with Crippen LogP contribution in [0.25, 0.3) is 10.8 Å². The zero-order valence-electron chi connectivity index (χ0n) is 11.9. The molecule has 0 radical (unpaired) electrons. The molecule has 0 atom stereocenters. The summed E-state index contributed by atoms with van der Waals surface area (Å²) in [7, 11) is 0. The molecule has 0 aliphatic rings. The Morgan fingerprint density at radius 3 is 2.48 bits per heavy atom. The normalized spacial score (nSPS) is 11.0. The molecule has 2 aromatic carbocycles. The lowest BCUT2D eigenvalue weighted by Gasteiger charge is -1.99. The maximum atomic E-state index is 11.9. The van der Waals surface area contributed by atoms with Gasteiger partial charge in [-0.3, -0.25) is 4.79 Å². The molecule has 23 heavy (non-hydrogen) atoms. The molecule has 0 saturated heterocycles. The van der Waals surface area contributed by atoms with Gasteiger partial charge in [0.15, 0.2) is 0 Å². The van der Waals surface area contributed by atoms with Gasteiger partial charge in [-0.1, -0.05) is 36.4 Å². The number of rotatable bonds is 4. The molecule has 1 heterocycles. The van der Waals surface area contributed by atoms with Crippen molar-refractivity contribution in [3.05, 3.63) is 69.9 Å². The van der Waals surface area contributed by atoms with Gasteiger partial charge >= 0.3 is 5.97 Å². The third-order valence-corrected chi connectivity index (χ3v) is 4.27. The lowest BCUT2D eigenvalue weighted by atomic mass is 10.1. The Kier molecular flexibility index (Phi) is 4.16. The van der Waals surface area contributed by atoms with Crippen LogP contribution in [-0.2, 0) is 0 Å². The van der Waals surface area contributed by atoms with E-state index in [0.29, 0.717) is 4.88 Å². The van der Waals surface area contributed by atoms with Crippen LogP contribution in [0.4, 0.5) is 0 Å². The number of thiophene rings is 1. The van der Waals surface area contributed by atoms with Gasteiger partial charge in [-0.15, -0.1) is 11.3 Å². The van der Waals surface area contributed by atoms with Crippen molar-refractivity contribution in [2.45, 2.75) is 0 Å². The Labute approximate surface area is 135 Å². The van der Waals surface area contributed by atoms with E-state index in [9.17, 15) is 9.59 Å². The van der Waals surface area contributed by atoms with Crippen molar-refractivity contribution in [1.82, 2.24) is 5.43 Å². The molecule has 5 nitrogen and oxygen atoms in total. The number of aromatic carboxylic acids is 1. The molecule has 0 saturated carbocycles. The van der Waals surface area contributed by atoms with Crippen molar-refractivity contribution in [1.29, 1.82) is 0 Å². The Morgan fingerprint density at radius 2 is 1.74 bits per heavy atom. The molecule has 0 unspecified atom stereocenters. The number of carboxylic acids is 1. The van der Waals surface area contributed by atoms with Gasteiger partial charge in [0.05, 0.1) is 11.1 Å². The van der Waals surface area contributed by atoms with Gasteiger partial charge in [0, 0.05) is 0 Å². The lowest BCUT2D eigenvalue weighted by Crippen LogP contribution is -2.16. The first-order chi connectivity index (χ1) is 11.1. The van der Waals surface area contributed by atoms with E-state index in [1.54, 1.807) is 6.21 Å². The van der Waals surface area contributed by atoms with Crippen LogP contribution in [0.2, 0.25) is 0 Å². The topological polar surface area (TPSA) is 78.8 Å². The van der Waals surface area contributed by atoms with Crippen molar-refractivity contribution >= 4 is 40.2 Å². The van der Waals surface area contributed by atoms with E-state index in [1.165, 1.54) is 12.1 Å². The molecular formula is C17H12N2O3S. The average Bonchev–Trinajstić information content (AvgIpc) is 3.05. The summed E-state index contributed by atoms with van der Waals surface area (Å²) >= 11 is 0.912. The zero-order valence-corrected chi connectivity index (χ0v) is 12.7. The second-order valence-corrected chi connectivity index (χ2v) is 5.86. The third-order valence-electron chi connectivity index (χ3n) is 3.19. The maximum Gasteiger partial charge on any atom is 0.345 e. The predicted molar refractivity (Wildman–Crippen MR) is 90.3 cm³/mol. The van der Waals surface area contributed by atoms with Gasteiger partial charge in [-0.25, -0.2) is 10.2 Å². The molecular weight excluding hydrogens is 312 g/mol. The summed E-state index contributed by atoms with van der Waals surface area (Å²) in [5.41, 5.74) is 3.26. The number of carbonyl (C=O) groups excluding carboxylic acids is 1. The minimum absolute atomic E-state index is 0.119. The Balaban J connectivity index is 1.69. The van der Waals surface area contributed by atoms with Gasteiger partial charge in [0.25, 0.3) is 5.91 Å². The number of hydrazone groups is 1. The highest BCUT2D eigenvalue weighted by atomic mass is 32.1. The fraction of sp³-hybridized carbons (Fsp3) is 0. The number of carboxylic acid groups (broad SMARTS) is 1. The van der Waals surface area contributed by atoms with Crippen LogP contribution in [0, 0.1) is 0 Å². The van der Waals surface area contributed by atoms with E-state index in [2.05, 4.69) is 10.5 Å². The lowest BCUT2D eigenvalue weighted by molar-refractivity contribution is 0.0702. The zero-order chi connectivity index (χ0) is 16.2. The Morgan fingerprint density at radius 1 is 1.00 bits per heavy atom. The van der Waals surface area contributed by atoms with Gasteiger partial charge in [0.1, 0.15) is 4.88 Å². The van der Waals surface area contributed by atoms with E-state index in [-0.39, 0.29) is 4.88 Å². The summed E-state index contributed by atoms with van der Waals surface area (Å²) in [4.78, 5) is 23.1. The maximum absolute atomic E-state index is 11.9. The second-order valence-electron chi connectivity index (χ2n) is 4.77. The van der Waals surface area contributed by atoms with E-state index >= 15 is 0 Å². The van der Waals surface area contributed by atoms with Crippen LogP contribution in [0.3, 0.4) is 0 Å². The third kappa shape index (κ3) is 3.44. The fourth-order valence-corrected chi connectivity index (χ4v) is 2.82. The van der Waals surface area contributed by atoms with E-state index < -0.39 is 11.9 Å². The summed E-state index contributed by atoms with van der Waals surface area (Å²) in [6, 6.07) is 16.7. The number of hydrogen-bond acceptors (Lipinski definition) is 4. The summed E-state index contributed by atoms with van der Waals surface area (Å²) in [6.45, 7) is 0. The molecule has 0 fully saturated rings. The molecule has 3 aromatic rings. The minimum atomic E-state index is -1.05. The monoisotopic (exact) mass is 324 g/mol. The largest absolute Gasteiger partial charge is 0.477 e. The quantitative estimate of drug-likeness (QED) is 0.570. The molecule has 2 N–H and O–H groups in total. The Hall–Kier alpha value is -2.99. The number of nitrogens with zero attached hydrogens (tertiary/aromatic N) is 1. The van der Waals surface area contributed by atoms with Crippen LogP contribution in [0.1, 0.15) is 24.9 Å². The highest BCUT2D eigenvalue weighted by Crippen LogP contribution is 2.16. The second kappa shape index (κ2) is 6.41. The summed E-state index contributed by atoms with van der Waals surface area (Å²) in [5, 5.41) is 15.0. The number of hydrogen-bond donors (Lipinski definition) is 2. The number of nitrogens with one attached hydrogen (secondary N) is 1. The minimum Gasteiger partial charge on any atom is -0.477 e.